The first-order chi connectivity index (χ1) is 11.1. The highest BCUT2D eigenvalue weighted by molar-refractivity contribution is 7.89. The molecule has 1 unspecified atom stereocenters. The van der Waals surface area contributed by atoms with Gasteiger partial charge in [0.2, 0.25) is 10.0 Å². The minimum atomic E-state index is -3.59. The second-order valence-electron chi connectivity index (χ2n) is 5.43. The summed E-state index contributed by atoms with van der Waals surface area (Å²) in [7, 11) is -3.59. The summed E-state index contributed by atoms with van der Waals surface area (Å²) in [5.74, 6) is 0. The summed E-state index contributed by atoms with van der Waals surface area (Å²) in [6, 6.07) is 2.76. The van der Waals surface area contributed by atoms with Crippen molar-refractivity contribution in [3.05, 3.63) is 40.8 Å². The van der Waals surface area contributed by atoms with Gasteiger partial charge < -0.3 is 10.2 Å². The van der Waals surface area contributed by atoms with E-state index in [1.165, 1.54) is 15.6 Å². The summed E-state index contributed by atoms with van der Waals surface area (Å²) in [6.07, 6.45) is 3.18. The molecule has 0 saturated carbocycles. The quantitative estimate of drug-likeness (QED) is 0.894. The molecule has 2 amide bonds. The van der Waals surface area contributed by atoms with Gasteiger partial charge >= 0.3 is 6.03 Å². The zero-order chi connectivity index (χ0) is 16.0. The van der Waals surface area contributed by atoms with Crippen molar-refractivity contribution >= 4 is 33.1 Å². The summed E-state index contributed by atoms with van der Waals surface area (Å²) >= 11 is 1.35. The third-order valence-corrected chi connectivity index (χ3v) is 6.91. The summed E-state index contributed by atoms with van der Waals surface area (Å²) in [4.78, 5) is 18.2. The fourth-order valence-corrected chi connectivity index (χ4v) is 5.62. The van der Waals surface area contributed by atoms with E-state index in [-0.39, 0.29) is 12.6 Å². The van der Waals surface area contributed by atoms with Crippen molar-refractivity contribution < 1.29 is 13.2 Å². The smallest absolute Gasteiger partial charge is 0.321 e. The van der Waals surface area contributed by atoms with Gasteiger partial charge in [-0.15, -0.1) is 0 Å². The maximum absolute atomic E-state index is 12.9. The third kappa shape index (κ3) is 2.32. The zero-order valence-electron chi connectivity index (χ0n) is 12.0. The van der Waals surface area contributed by atoms with Crippen molar-refractivity contribution in [2.75, 3.05) is 25.0 Å². The molecular formula is C14H14N4O3S2. The molecule has 120 valence electrons. The maximum Gasteiger partial charge on any atom is 0.322 e. The molecule has 1 fully saturated rings. The van der Waals surface area contributed by atoms with E-state index in [2.05, 4.69) is 10.3 Å². The highest BCUT2D eigenvalue weighted by Gasteiger charge is 2.41. The number of thiophene rings is 1. The van der Waals surface area contributed by atoms with Gasteiger partial charge in [0, 0.05) is 31.2 Å². The largest absolute Gasteiger partial charge is 0.322 e. The highest BCUT2D eigenvalue weighted by Crippen LogP contribution is 2.36. The Kier molecular flexibility index (Phi) is 3.36. The summed E-state index contributed by atoms with van der Waals surface area (Å²) in [5, 5.41) is 6.19. The molecule has 0 radical (unpaired) electrons. The highest BCUT2D eigenvalue weighted by atomic mass is 32.2. The number of pyridine rings is 1. The lowest BCUT2D eigenvalue weighted by Crippen LogP contribution is -2.51. The van der Waals surface area contributed by atoms with Gasteiger partial charge in [-0.25, -0.2) is 13.2 Å². The van der Waals surface area contributed by atoms with E-state index < -0.39 is 16.1 Å². The molecule has 2 aliphatic heterocycles. The first-order valence-electron chi connectivity index (χ1n) is 7.11. The van der Waals surface area contributed by atoms with Crippen LogP contribution in [-0.2, 0) is 10.0 Å². The van der Waals surface area contributed by atoms with Crippen LogP contribution in [0.4, 0.5) is 10.5 Å². The van der Waals surface area contributed by atoms with Crippen molar-refractivity contribution in [2.24, 2.45) is 0 Å². The standard InChI is InChI=1S/C14H14N4O3S2/c19-14-16-12-7-15-3-1-11(12)13-8-17(14)4-5-18(13)23(20,21)10-2-6-22-9-10/h1-3,6-7,9,13H,4-5,8H2,(H,16,19). The number of sulfonamides is 1. The second-order valence-corrected chi connectivity index (χ2v) is 8.10. The van der Waals surface area contributed by atoms with Crippen LogP contribution in [0, 0.1) is 0 Å². The van der Waals surface area contributed by atoms with Gasteiger partial charge in [-0.05, 0) is 23.1 Å². The lowest BCUT2D eigenvalue weighted by Gasteiger charge is -2.38. The molecule has 1 saturated heterocycles. The number of nitrogens with zero attached hydrogens (tertiary/aromatic N) is 3. The van der Waals surface area contributed by atoms with Crippen LogP contribution in [0.25, 0.3) is 0 Å². The van der Waals surface area contributed by atoms with Gasteiger partial charge in [0.25, 0.3) is 0 Å². The first-order valence-corrected chi connectivity index (χ1v) is 9.49. The summed E-state index contributed by atoms with van der Waals surface area (Å²) in [6.45, 7) is 0.983. The molecule has 0 aliphatic carbocycles. The van der Waals surface area contributed by atoms with Crippen LogP contribution in [0.15, 0.2) is 40.2 Å². The molecule has 2 aromatic rings. The van der Waals surface area contributed by atoms with E-state index in [4.69, 9.17) is 0 Å². The van der Waals surface area contributed by atoms with Crippen molar-refractivity contribution in [1.82, 2.24) is 14.2 Å². The Morgan fingerprint density at radius 3 is 2.96 bits per heavy atom. The van der Waals surface area contributed by atoms with Crippen molar-refractivity contribution in [1.29, 1.82) is 0 Å². The van der Waals surface area contributed by atoms with Crippen LogP contribution >= 0.6 is 11.3 Å². The molecular weight excluding hydrogens is 336 g/mol. The third-order valence-electron chi connectivity index (χ3n) is 4.18. The molecule has 0 spiro atoms. The number of urea groups is 1. The normalized spacial score (nSPS) is 21.5. The number of rotatable bonds is 2. The first kappa shape index (κ1) is 14.6. The SMILES string of the molecule is O=C1Nc2cnccc2C2CN1CCN2S(=O)(=O)c1ccsc1. The van der Waals surface area contributed by atoms with Gasteiger partial charge in [0.15, 0.2) is 0 Å². The number of carbonyl (C=O) groups is 1. The number of amides is 2. The lowest BCUT2D eigenvalue weighted by molar-refractivity contribution is 0.154. The van der Waals surface area contributed by atoms with Crippen LogP contribution in [0.1, 0.15) is 11.6 Å². The number of anilines is 1. The van der Waals surface area contributed by atoms with E-state index in [0.29, 0.717) is 23.7 Å². The Bertz CT molecular complexity index is 851. The van der Waals surface area contributed by atoms with Gasteiger partial charge in [-0.3, -0.25) is 4.98 Å². The molecule has 2 aliphatic rings. The summed E-state index contributed by atoms with van der Waals surface area (Å²) in [5.41, 5.74) is 1.34. The zero-order valence-corrected chi connectivity index (χ0v) is 13.7. The number of hydrogen-bond donors (Lipinski definition) is 1. The van der Waals surface area contributed by atoms with E-state index in [0.717, 1.165) is 5.56 Å². The number of fused-ring (bicyclic) bond motifs is 4. The molecule has 4 heterocycles. The van der Waals surface area contributed by atoms with Crippen LogP contribution in [-0.4, -0.2) is 48.3 Å². The monoisotopic (exact) mass is 350 g/mol. The fraction of sp³-hybridized carbons (Fsp3) is 0.286. The lowest BCUT2D eigenvalue weighted by atomic mass is 10.1. The molecule has 0 aromatic carbocycles. The predicted molar refractivity (Wildman–Crippen MR) is 85.8 cm³/mol. The maximum atomic E-state index is 12.9. The number of carbonyl (C=O) groups excluding carboxylic acids is 1. The second kappa shape index (κ2) is 5.29. The topological polar surface area (TPSA) is 82.6 Å². The van der Waals surface area contributed by atoms with Gasteiger partial charge in [-0.2, -0.15) is 15.6 Å². The molecule has 2 aromatic heterocycles. The van der Waals surface area contributed by atoms with Crippen molar-refractivity contribution in [3.8, 4) is 0 Å². The summed E-state index contributed by atoms with van der Waals surface area (Å²) < 4.78 is 27.4. The number of aromatic nitrogens is 1. The fourth-order valence-electron chi connectivity index (χ4n) is 3.02. The van der Waals surface area contributed by atoms with Gasteiger partial charge in [-0.1, -0.05) is 0 Å². The van der Waals surface area contributed by atoms with E-state index in [1.807, 2.05) is 0 Å². The number of nitrogens with one attached hydrogen (secondary N) is 1. The predicted octanol–water partition coefficient (Wildman–Crippen LogP) is 1.74. The Balaban J connectivity index is 1.82. The Morgan fingerprint density at radius 2 is 2.17 bits per heavy atom. The Morgan fingerprint density at radius 1 is 1.30 bits per heavy atom. The molecule has 9 heteroatoms. The Hall–Kier alpha value is -1.97. The molecule has 1 atom stereocenters. The van der Waals surface area contributed by atoms with Gasteiger partial charge in [0.05, 0.1) is 22.8 Å². The van der Waals surface area contributed by atoms with E-state index in [9.17, 15) is 13.2 Å². The molecule has 1 N–H and O–H groups in total. The Labute approximate surface area is 137 Å². The molecule has 2 bridgehead atoms. The average Bonchev–Trinajstić information content (AvgIpc) is 3.07. The van der Waals surface area contributed by atoms with Crippen LogP contribution in [0.3, 0.4) is 0 Å². The number of hydrogen-bond acceptors (Lipinski definition) is 5. The molecule has 23 heavy (non-hydrogen) atoms. The van der Waals surface area contributed by atoms with Crippen LogP contribution in [0.5, 0.6) is 0 Å². The molecule has 7 nitrogen and oxygen atoms in total. The molecule has 4 rings (SSSR count). The van der Waals surface area contributed by atoms with Crippen LogP contribution < -0.4 is 5.32 Å². The van der Waals surface area contributed by atoms with Gasteiger partial charge in [0.1, 0.15) is 0 Å². The minimum Gasteiger partial charge on any atom is -0.321 e. The minimum absolute atomic E-state index is 0.214. The number of piperazine rings is 1. The van der Waals surface area contributed by atoms with Crippen molar-refractivity contribution in [3.63, 3.8) is 0 Å². The van der Waals surface area contributed by atoms with E-state index in [1.54, 1.807) is 40.2 Å². The van der Waals surface area contributed by atoms with Crippen molar-refractivity contribution in [2.45, 2.75) is 10.9 Å². The average molecular weight is 350 g/mol. The van der Waals surface area contributed by atoms with E-state index >= 15 is 0 Å². The van der Waals surface area contributed by atoms with Crippen LogP contribution in [0.2, 0.25) is 0 Å².